The van der Waals surface area contributed by atoms with E-state index in [9.17, 15) is 0 Å². The van der Waals surface area contributed by atoms with Crippen LogP contribution in [0.5, 0.6) is 0 Å². The minimum atomic E-state index is 0.896. The highest BCUT2D eigenvalue weighted by Crippen LogP contribution is 2.34. The van der Waals surface area contributed by atoms with Gasteiger partial charge in [-0.1, -0.05) is 66.7 Å². The first-order valence-electron chi connectivity index (χ1n) is 12.6. The van der Waals surface area contributed by atoms with E-state index >= 15 is 0 Å². The van der Waals surface area contributed by atoms with Gasteiger partial charge < -0.3 is 9.64 Å². The fourth-order valence-corrected chi connectivity index (χ4v) is 5.31. The van der Waals surface area contributed by atoms with E-state index in [1.165, 1.54) is 67.1 Å². The number of benzene rings is 2. The summed E-state index contributed by atoms with van der Waals surface area (Å²) < 4.78 is 5.48. The molecule has 0 radical (unpaired) electrons. The number of ether oxygens (including phenoxy) is 1. The van der Waals surface area contributed by atoms with Crippen LogP contribution in [0.4, 0.5) is 0 Å². The van der Waals surface area contributed by atoms with E-state index in [4.69, 9.17) is 4.74 Å². The van der Waals surface area contributed by atoms with E-state index in [1.807, 2.05) is 0 Å². The molecule has 2 aromatic carbocycles. The molecule has 2 saturated heterocycles. The second-order valence-corrected chi connectivity index (χ2v) is 9.41. The van der Waals surface area contributed by atoms with Crippen molar-refractivity contribution >= 4 is 11.1 Å². The van der Waals surface area contributed by atoms with E-state index in [0.717, 1.165) is 45.7 Å². The molecule has 4 heteroatoms. The van der Waals surface area contributed by atoms with Crippen LogP contribution in [0.1, 0.15) is 23.1 Å². The maximum absolute atomic E-state index is 5.48. The Bertz CT molecular complexity index is 954. The standard InChI is InChI=1S/C29H37N3O/c1-2-7-25(8-3-1)28-12-6-10-26-9-4-5-11-27(26)29(28)13-14-30-15-17-31(18-16-30)19-20-32-21-23-33-24-22-32/h1-9,11-12H,10,13-24H2. The Morgan fingerprint density at radius 1 is 0.667 bits per heavy atom. The van der Waals surface area contributed by atoms with E-state index in [0.29, 0.717) is 0 Å². The predicted octanol–water partition coefficient (Wildman–Crippen LogP) is 4.05. The molecule has 33 heavy (non-hydrogen) atoms. The van der Waals surface area contributed by atoms with E-state index in [1.54, 1.807) is 0 Å². The predicted molar refractivity (Wildman–Crippen MR) is 137 cm³/mol. The van der Waals surface area contributed by atoms with Gasteiger partial charge in [0, 0.05) is 58.9 Å². The van der Waals surface area contributed by atoms with Crippen LogP contribution in [0.3, 0.4) is 0 Å². The normalized spacial score (nSPS) is 20.6. The van der Waals surface area contributed by atoms with Gasteiger partial charge in [-0.15, -0.1) is 0 Å². The second kappa shape index (κ2) is 11.3. The average Bonchev–Trinajstić information content (AvgIpc) is 3.07. The maximum atomic E-state index is 5.48. The van der Waals surface area contributed by atoms with Gasteiger partial charge in [0.1, 0.15) is 0 Å². The fraction of sp³-hybridized carbons (Fsp3) is 0.448. The first-order valence-corrected chi connectivity index (χ1v) is 12.6. The number of rotatable bonds is 7. The maximum Gasteiger partial charge on any atom is 0.0594 e. The molecule has 0 N–H and O–H groups in total. The molecule has 1 aliphatic carbocycles. The summed E-state index contributed by atoms with van der Waals surface area (Å²) in [7, 11) is 0. The molecule has 5 rings (SSSR count). The highest BCUT2D eigenvalue weighted by Gasteiger charge is 2.20. The van der Waals surface area contributed by atoms with Crippen LogP contribution in [0.25, 0.3) is 11.1 Å². The lowest BCUT2D eigenvalue weighted by Crippen LogP contribution is -2.49. The summed E-state index contributed by atoms with van der Waals surface area (Å²) in [6.45, 7) is 12.2. The molecule has 0 unspecified atom stereocenters. The summed E-state index contributed by atoms with van der Waals surface area (Å²) in [5.74, 6) is 0. The van der Waals surface area contributed by atoms with Gasteiger partial charge in [-0.3, -0.25) is 9.80 Å². The summed E-state index contributed by atoms with van der Waals surface area (Å²) in [5.41, 5.74) is 7.10. The molecule has 2 aliphatic heterocycles. The summed E-state index contributed by atoms with van der Waals surface area (Å²) in [4.78, 5) is 7.85. The van der Waals surface area contributed by atoms with Crippen LogP contribution in [-0.4, -0.2) is 86.8 Å². The number of piperazine rings is 1. The minimum Gasteiger partial charge on any atom is -0.379 e. The molecule has 2 aromatic rings. The molecule has 0 spiro atoms. The largest absolute Gasteiger partial charge is 0.379 e. The quantitative estimate of drug-likeness (QED) is 0.643. The van der Waals surface area contributed by atoms with E-state index in [2.05, 4.69) is 81.4 Å². The molecule has 0 amide bonds. The molecule has 3 aliphatic rings. The van der Waals surface area contributed by atoms with Crippen molar-refractivity contribution in [2.24, 2.45) is 0 Å². The number of allylic oxidation sites excluding steroid dienone is 3. The molecule has 0 atom stereocenters. The summed E-state index contributed by atoms with van der Waals surface area (Å²) in [6, 6.07) is 19.9. The van der Waals surface area contributed by atoms with Crippen LogP contribution in [0.2, 0.25) is 0 Å². The third-order valence-corrected chi connectivity index (χ3v) is 7.35. The highest BCUT2D eigenvalue weighted by atomic mass is 16.5. The van der Waals surface area contributed by atoms with Crippen LogP contribution in [0.15, 0.2) is 66.7 Å². The Balaban J connectivity index is 1.22. The molecule has 4 nitrogen and oxygen atoms in total. The Hall–Kier alpha value is -2.24. The van der Waals surface area contributed by atoms with Crippen LogP contribution in [-0.2, 0) is 11.2 Å². The van der Waals surface area contributed by atoms with Crippen molar-refractivity contribution < 1.29 is 4.74 Å². The van der Waals surface area contributed by atoms with Crippen molar-refractivity contribution in [1.82, 2.24) is 14.7 Å². The zero-order chi connectivity index (χ0) is 22.3. The van der Waals surface area contributed by atoms with Crippen LogP contribution in [0, 0.1) is 0 Å². The van der Waals surface area contributed by atoms with Gasteiger partial charge in [-0.25, -0.2) is 0 Å². The van der Waals surface area contributed by atoms with Crippen molar-refractivity contribution in [2.45, 2.75) is 12.8 Å². The lowest BCUT2D eigenvalue weighted by atomic mass is 9.91. The van der Waals surface area contributed by atoms with Crippen molar-refractivity contribution in [2.75, 3.05) is 72.1 Å². The van der Waals surface area contributed by atoms with Gasteiger partial charge >= 0.3 is 0 Å². The first-order chi connectivity index (χ1) is 16.4. The van der Waals surface area contributed by atoms with Crippen molar-refractivity contribution in [3.05, 3.63) is 83.4 Å². The second-order valence-electron chi connectivity index (χ2n) is 9.41. The number of hydrogen-bond donors (Lipinski definition) is 0. The molecule has 2 fully saturated rings. The summed E-state index contributed by atoms with van der Waals surface area (Å²) in [5, 5.41) is 0. The lowest BCUT2D eigenvalue weighted by Gasteiger charge is -2.36. The van der Waals surface area contributed by atoms with Gasteiger partial charge in [0.25, 0.3) is 0 Å². The molecule has 2 heterocycles. The number of fused-ring (bicyclic) bond motifs is 1. The first kappa shape index (κ1) is 22.5. The van der Waals surface area contributed by atoms with Gasteiger partial charge in [0.15, 0.2) is 0 Å². The average molecular weight is 444 g/mol. The topological polar surface area (TPSA) is 19.0 Å². The number of morpholine rings is 1. The van der Waals surface area contributed by atoms with Crippen LogP contribution < -0.4 is 0 Å². The van der Waals surface area contributed by atoms with Gasteiger partial charge in [0.05, 0.1) is 13.2 Å². The molecular formula is C29H37N3O. The fourth-order valence-electron chi connectivity index (χ4n) is 5.31. The Morgan fingerprint density at radius 3 is 2.06 bits per heavy atom. The van der Waals surface area contributed by atoms with E-state index < -0.39 is 0 Å². The Labute approximate surface area is 199 Å². The van der Waals surface area contributed by atoms with Crippen molar-refractivity contribution in [3.63, 3.8) is 0 Å². The Kier molecular flexibility index (Phi) is 7.69. The molecule has 0 saturated carbocycles. The van der Waals surface area contributed by atoms with Gasteiger partial charge in [-0.2, -0.15) is 0 Å². The van der Waals surface area contributed by atoms with E-state index in [-0.39, 0.29) is 0 Å². The number of hydrogen-bond acceptors (Lipinski definition) is 4. The zero-order valence-electron chi connectivity index (χ0n) is 19.8. The highest BCUT2D eigenvalue weighted by molar-refractivity contribution is 5.97. The third-order valence-electron chi connectivity index (χ3n) is 7.35. The smallest absolute Gasteiger partial charge is 0.0594 e. The van der Waals surface area contributed by atoms with Gasteiger partial charge in [-0.05, 0) is 40.7 Å². The molecule has 0 aromatic heterocycles. The zero-order valence-corrected chi connectivity index (χ0v) is 19.8. The Morgan fingerprint density at radius 2 is 1.30 bits per heavy atom. The lowest BCUT2D eigenvalue weighted by molar-refractivity contribution is 0.0300. The summed E-state index contributed by atoms with van der Waals surface area (Å²) >= 11 is 0. The van der Waals surface area contributed by atoms with Gasteiger partial charge in [0.2, 0.25) is 0 Å². The minimum absolute atomic E-state index is 0.896. The monoisotopic (exact) mass is 443 g/mol. The summed E-state index contributed by atoms with van der Waals surface area (Å²) in [6.07, 6.45) is 6.80. The SMILES string of the molecule is C1=CC(c2ccccc2)=C(CCN2CCN(CCN3CCOCC3)CC2)c2ccccc2C1. The molecular weight excluding hydrogens is 406 g/mol. The molecule has 174 valence electrons. The van der Waals surface area contributed by atoms with Crippen molar-refractivity contribution in [1.29, 1.82) is 0 Å². The van der Waals surface area contributed by atoms with Crippen molar-refractivity contribution in [3.8, 4) is 0 Å². The third kappa shape index (κ3) is 5.82. The molecule has 0 bridgehead atoms. The van der Waals surface area contributed by atoms with Crippen LogP contribution >= 0.6 is 0 Å². The number of nitrogens with zero attached hydrogens (tertiary/aromatic N) is 3.